The van der Waals surface area contributed by atoms with Gasteiger partial charge in [-0.15, -0.1) is 11.3 Å². The molecule has 0 bridgehead atoms. The molecule has 0 radical (unpaired) electrons. The van der Waals surface area contributed by atoms with Crippen molar-refractivity contribution >= 4 is 22.9 Å². The molecule has 23 heavy (non-hydrogen) atoms. The molecule has 0 aromatic carbocycles. The van der Waals surface area contributed by atoms with Gasteiger partial charge >= 0.3 is 0 Å². The second-order valence-corrected chi connectivity index (χ2v) is 6.39. The van der Waals surface area contributed by atoms with Gasteiger partial charge in [0, 0.05) is 29.8 Å². The maximum atomic E-state index is 12.6. The van der Waals surface area contributed by atoms with Crippen molar-refractivity contribution in [2.24, 2.45) is 0 Å². The van der Waals surface area contributed by atoms with Crippen molar-refractivity contribution in [3.8, 4) is 0 Å². The summed E-state index contributed by atoms with van der Waals surface area (Å²) in [6, 6.07) is 3.26. The predicted molar refractivity (Wildman–Crippen MR) is 85.7 cm³/mol. The van der Waals surface area contributed by atoms with Gasteiger partial charge in [0.2, 0.25) is 0 Å². The molecule has 1 amide bonds. The number of aromatic nitrogens is 4. The molecule has 3 aromatic rings. The van der Waals surface area contributed by atoms with Gasteiger partial charge in [0.05, 0.1) is 17.2 Å². The smallest absolute Gasteiger partial charge is 0.273 e. The Morgan fingerprint density at radius 1 is 1.43 bits per heavy atom. The van der Waals surface area contributed by atoms with E-state index < -0.39 is 0 Å². The van der Waals surface area contributed by atoms with Crippen molar-refractivity contribution in [2.45, 2.75) is 25.8 Å². The van der Waals surface area contributed by atoms with E-state index in [4.69, 9.17) is 0 Å². The van der Waals surface area contributed by atoms with Crippen LogP contribution in [0.5, 0.6) is 0 Å². The molecule has 8 heteroatoms. The first-order valence-electron chi connectivity index (χ1n) is 7.42. The Morgan fingerprint density at radius 2 is 2.30 bits per heavy atom. The molecule has 0 aliphatic carbocycles. The zero-order valence-corrected chi connectivity index (χ0v) is 13.3. The summed E-state index contributed by atoms with van der Waals surface area (Å²) in [5.74, 6) is -0.0658. The van der Waals surface area contributed by atoms with Gasteiger partial charge in [-0.3, -0.25) is 14.7 Å². The first-order chi connectivity index (χ1) is 11.1. The van der Waals surface area contributed by atoms with E-state index in [9.17, 15) is 9.59 Å². The average molecular weight is 329 g/mol. The Morgan fingerprint density at radius 3 is 3.09 bits per heavy atom. The van der Waals surface area contributed by atoms with Crippen LogP contribution in [0.25, 0.3) is 5.65 Å². The minimum atomic E-state index is -0.144. The molecule has 3 aromatic heterocycles. The fraction of sp³-hybridized carbons (Fsp3) is 0.333. The molecule has 1 aliphatic heterocycles. The molecule has 118 valence electrons. The predicted octanol–water partition coefficient (Wildman–Crippen LogP) is 1.76. The van der Waals surface area contributed by atoms with Gasteiger partial charge in [0.1, 0.15) is 5.69 Å². The average Bonchev–Trinajstić information content (AvgIpc) is 3.25. The van der Waals surface area contributed by atoms with Crippen LogP contribution in [-0.2, 0) is 0 Å². The van der Waals surface area contributed by atoms with Gasteiger partial charge in [-0.2, -0.15) is 0 Å². The topological polar surface area (TPSA) is 83.4 Å². The van der Waals surface area contributed by atoms with E-state index in [1.807, 2.05) is 11.0 Å². The zero-order valence-electron chi connectivity index (χ0n) is 12.5. The van der Waals surface area contributed by atoms with Crippen LogP contribution < -0.4 is 5.56 Å². The summed E-state index contributed by atoms with van der Waals surface area (Å²) in [6.07, 6.45) is 1.79. The summed E-state index contributed by atoms with van der Waals surface area (Å²) in [4.78, 5) is 34.9. The molecular formula is C15H15N5O2S. The number of thiazole rings is 1. The number of fused-ring (bicyclic) bond motifs is 1. The van der Waals surface area contributed by atoms with Gasteiger partial charge in [-0.25, -0.2) is 14.5 Å². The van der Waals surface area contributed by atoms with Gasteiger partial charge in [0.25, 0.3) is 11.5 Å². The van der Waals surface area contributed by atoms with Crippen molar-refractivity contribution in [3.05, 3.63) is 50.5 Å². The number of aromatic amines is 1. The summed E-state index contributed by atoms with van der Waals surface area (Å²) in [5.41, 5.74) is 4.09. The number of rotatable bonds is 2. The summed E-state index contributed by atoms with van der Waals surface area (Å²) < 4.78 is 1.42. The van der Waals surface area contributed by atoms with E-state index in [2.05, 4.69) is 15.1 Å². The normalized spacial score (nSPS) is 18.0. The second kappa shape index (κ2) is 5.31. The molecule has 4 rings (SSSR count). The number of carbonyl (C=O) groups excluding carboxylic acids is 1. The maximum Gasteiger partial charge on any atom is 0.273 e. The Balaban J connectivity index is 1.73. The quantitative estimate of drug-likeness (QED) is 0.776. The van der Waals surface area contributed by atoms with Crippen molar-refractivity contribution in [3.63, 3.8) is 0 Å². The van der Waals surface area contributed by atoms with Gasteiger partial charge in [0.15, 0.2) is 5.65 Å². The first-order valence-corrected chi connectivity index (χ1v) is 8.36. The largest absolute Gasteiger partial charge is 0.329 e. The Labute approximate surface area is 135 Å². The third-order valence-corrected chi connectivity index (χ3v) is 4.71. The zero-order chi connectivity index (χ0) is 16.0. The summed E-state index contributed by atoms with van der Waals surface area (Å²) in [7, 11) is 0. The van der Waals surface area contributed by atoms with Crippen LogP contribution in [0.15, 0.2) is 27.8 Å². The minimum Gasteiger partial charge on any atom is -0.329 e. The molecule has 1 fully saturated rings. The fourth-order valence-corrected chi connectivity index (χ4v) is 3.62. The lowest BCUT2D eigenvalue weighted by Gasteiger charge is -2.22. The van der Waals surface area contributed by atoms with Gasteiger partial charge < -0.3 is 4.90 Å². The minimum absolute atomic E-state index is 0.0658. The number of H-pyrrole nitrogens is 1. The van der Waals surface area contributed by atoms with Crippen molar-refractivity contribution < 1.29 is 4.79 Å². The molecular weight excluding hydrogens is 314 g/mol. The van der Waals surface area contributed by atoms with Crippen LogP contribution in [0.4, 0.5) is 0 Å². The van der Waals surface area contributed by atoms with Crippen LogP contribution in [0.2, 0.25) is 0 Å². The molecule has 0 spiro atoms. The number of nitrogens with zero attached hydrogens (tertiary/aromatic N) is 4. The molecule has 1 saturated heterocycles. The molecule has 1 N–H and O–H groups in total. The van der Waals surface area contributed by atoms with E-state index in [1.54, 1.807) is 17.8 Å². The van der Waals surface area contributed by atoms with E-state index in [-0.39, 0.29) is 17.5 Å². The lowest BCUT2D eigenvalue weighted by molar-refractivity contribution is 0.0727. The van der Waals surface area contributed by atoms with Crippen LogP contribution in [0.1, 0.15) is 40.8 Å². The van der Waals surface area contributed by atoms with Crippen LogP contribution in [-0.4, -0.2) is 36.9 Å². The number of nitrogens with one attached hydrogen (secondary N) is 1. The number of amides is 1. The first kappa shape index (κ1) is 14.1. The maximum absolute atomic E-state index is 12.6. The highest BCUT2D eigenvalue weighted by Crippen LogP contribution is 2.32. The summed E-state index contributed by atoms with van der Waals surface area (Å²) in [6.45, 7) is 2.49. The molecule has 1 atom stereocenters. The number of aryl methyl sites for hydroxylation is 1. The SMILES string of the molecule is Cc1cc(=O)n2[nH]c(C3CCCN3C(=O)c3cscn3)cc2n1. The van der Waals surface area contributed by atoms with Crippen LogP contribution in [0.3, 0.4) is 0 Å². The van der Waals surface area contributed by atoms with Gasteiger partial charge in [-0.05, 0) is 19.8 Å². The number of hydrogen-bond donors (Lipinski definition) is 1. The van der Waals surface area contributed by atoms with E-state index >= 15 is 0 Å². The molecule has 4 heterocycles. The standard InChI is InChI=1S/C15H15N5O2S/c1-9-5-14(21)20-13(17-9)6-10(18-20)12-3-2-4-19(12)15(22)11-7-23-8-16-11/h5-8,12,18H,2-4H2,1H3. The van der Waals surface area contributed by atoms with E-state index in [1.165, 1.54) is 21.9 Å². The number of likely N-dealkylation sites (tertiary alicyclic amines) is 1. The van der Waals surface area contributed by atoms with Crippen LogP contribution in [0, 0.1) is 6.92 Å². The van der Waals surface area contributed by atoms with E-state index in [0.717, 1.165) is 18.5 Å². The molecule has 1 aliphatic rings. The van der Waals surface area contributed by atoms with Crippen molar-refractivity contribution in [1.82, 2.24) is 24.5 Å². The lowest BCUT2D eigenvalue weighted by atomic mass is 10.1. The third-order valence-electron chi connectivity index (χ3n) is 4.12. The van der Waals surface area contributed by atoms with E-state index in [0.29, 0.717) is 23.6 Å². The molecule has 0 saturated carbocycles. The molecule has 7 nitrogen and oxygen atoms in total. The highest BCUT2D eigenvalue weighted by Gasteiger charge is 2.32. The summed E-state index contributed by atoms with van der Waals surface area (Å²) >= 11 is 1.41. The van der Waals surface area contributed by atoms with Crippen molar-refractivity contribution in [2.75, 3.05) is 6.54 Å². The van der Waals surface area contributed by atoms with Crippen molar-refractivity contribution in [1.29, 1.82) is 0 Å². The molecule has 1 unspecified atom stereocenters. The fourth-order valence-electron chi connectivity index (χ4n) is 3.10. The summed E-state index contributed by atoms with van der Waals surface area (Å²) in [5, 5.41) is 4.86. The Kier molecular flexibility index (Phi) is 3.26. The highest BCUT2D eigenvalue weighted by atomic mass is 32.1. The number of carbonyl (C=O) groups is 1. The highest BCUT2D eigenvalue weighted by molar-refractivity contribution is 7.07. The second-order valence-electron chi connectivity index (χ2n) is 5.67. The Hall–Kier alpha value is -2.48. The monoisotopic (exact) mass is 329 g/mol. The lowest BCUT2D eigenvalue weighted by Crippen LogP contribution is -2.31. The van der Waals surface area contributed by atoms with Crippen LogP contribution >= 0.6 is 11.3 Å². The number of hydrogen-bond acceptors (Lipinski definition) is 5. The van der Waals surface area contributed by atoms with Gasteiger partial charge in [-0.1, -0.05) is 0 Å². The third kappa shape index (κ3) is 2.35. The Bertz CT molecular complexity index is 927.